The van der Waals surface area contributed by atoms with Gasteiger partial charge in [0, 0.05) is 25.2 Å². The molecule has 0 aromatic heterocycles. The van der Waals surface area contributed by atoms with E-state index in [2.05, 4.69) is 5.32 Å². The minimum atomic E-state index is -3.59. The highest BCUT2D eigenvalue weighted by atomic mass is 32.2. The molecule has 3 aromatic rings. The van der Waals surface area contributed by atoms with E-state index in [0.29, 0.717) is 30.8 Å². The first-order valence-corrected chi connectivity index (χ1v) is 11.8. The quantitative estimate of drug-likeness (QED) is 0.668. The fourth-order valence-corrected chi connectivity index (χ4v) is 5.76. The van der Waals surface area contributed by atoms with E-state index in [-0.39, 0.29) is 10.8 Å². The molecule has 30 heavy (non-hydrogen) atoms. The summed E-state index contributed by atoms with van der Waals surface area (Å²) in [6.07, 6.45) is 2.81. The molecule has 1 heterocycles. The van der Waals surface area contributed by atoms with Gasteiger partial charge in [-0.15, -0.1) is 0 Å². The molecule has 1 N–H and O–H groups in total. The van der Waals surface area contributed by atoms with E-state index >= 15 is 0 Å². The minimum absolute atomic E-state index is 0.224. The smallest absolute Gasteiger partial charge is 0.251 e. The van der Waals surface area contributed by atoms with E-state index in [1.165, 1.54) is 10.4 Å². The number of carbonyl (C=O) groups excluding carboxylic acids is 1. The van der Waals surface area contributed by atoms with Gasteiger partial charge >= 0.3 is 0 Å². The number of hydrogen-bond donors (Lipinski definition) is 1. The van der Waals surface area contributed by atoms with E-state index < -0.39 is 10.0 Å². The first-order valence-electron chi connectivity index (χ1n) is 10.3. The van der Waals surface area contributed by atoms with E-state index in [0.717, 1.165) is 35.6 Å². The Labute approximate surface area is 177 Å². The summed E-state index contributed by atoms with van der Waals surface area (Å²) in [5.74, 6) is -0.280. The molecule has 1 aliphatic rings. The number of rotatable bonds is 5. The molecule has 1 saturated heterocycles. The van der Waals surface area contributed by atoms with E-state index in [9.17, 15) is 13.2 Å². The van der Waals surface area contributed by atoms with E-state index in [4.69, 9.17) is 0 Å². The van der Waals surface area contributed by atoms with Gasteiger partial charge in [-0.2, -0.15) is 4.31 Å². The molecule has 4 rings (SSSR count). The van der Waals surface area contributed by atoms with Crippen LogP contribution in [0.25, 0.3) is 10.8 Å². The highest BCUT2D eigenvalue weighted by Gasteiger charge is 2.28. The van der Waals surface area contributed by atoms with Gasteiger partial charge in [-0.3, -0.25) is 4.79 Å². The molecular formula is C24H26N2O3S. The van der Waals surface area contributed by atoms with Gasteiger partial charge in [0.25, 0.3) is 5.91 Å². The van der Waals surface area contributed by atoms with Crippen molar-refractivity contribution in [3.05, 3.63) is 77.4 Å². The zero-order valence-electron chi connectivity index (χ0n) is 17.1. The number of carbonyl (C=O) groups is 1. The molecule has 0 bridgehead atoms. The van der Waals surface area contributed by atoms with Crippen LogP contribution in [0.15, 0.2) is 65.6 Å². The van der Waals surface area contributed by atoms with Gasteiger partial charge in [0.05, 0.1) is 4.90 Å². The van der Waals surface area contributed by atoms with Crippen molar-refractivity contribution in [1.29, 1.82) is 0 Å². The fourth-order valence-electron chi connectivity index (χ4n) is 3.99. The van der Waals surface area contributed by atoms with Crippen molar-refractivity contribution in [2.75, 3.05) is 13.1 Å². The van der Waals surface area contributed by atoms with Crippen molar-refractivity contribution < 1.29 is 13.2 Å². The van der Waals surface area contributed by atoms with Crippen molar-refractivity contribution in [1.82, 2.24) is 9.62 Å². The predicted octanol–water partition coefficient (Wildman–Crippen LogP) is 4.25. The van der Waals surface area contributed by atoms with Gasteiger partial charge in [0.2, 0.25) is 10.0 Å². The summed E-state index contributed by atoms with van der Waals surface area (Å²) in [6, 6.07) is 18.9. The highest BCUT2D eigenvalue weighted by molar-refractivity contribution is 7.89. The molecule has 1 fully saturated rings. The van der Waals surface area contributed by atoms with Gasteiger partial charge in [0.15, 0.2) is 0 Å². The number of hydrogen-bond acceptors (Lipinski definition) is 3. The van der Waals surface area contributed by atoms with Gasteiger partial charge in [-0.05, 0) is 53.8 Å². The maximum atomic E-state index is 13.1. The summed E-state index contributed by atoms with van der Waals surface area (Å²) in [5, 5.41) is 5.15. The van der Waals surface area contributed by atoms with Gasteiger partial charge < -0.3 is 5.32 Å². The molecule has 0 aliphatic carbocycles. The number of sulfonamides is 1. The third kappa shape index (κ3) is 4.11. The van der Waals surface area contributed by atoms with Crippen LogP contribution in [0.4, 0.5) is 0 Å². The molecule has 0 spiro atoms. The lowest BCUT2D eigenvalue weighted by molar-refractivity contribution is 0.0951. The molecule has 156 valence electrons. The normalized spacial score (nSPS) is 15.2. The Balaban J connectivity index is 1.55. The Kier molecular flexibility index (Phi) is 5.88. The SMILES string of the molecule is Cc1ccc(C(=O)NCc2cccc3ccccc23)cc1S(=O)(=O)N1CCCCC1. The largest absolute Gasteiger partial charge is 0.348 e. The van der Waals surface area contributed by atoms with Crippen molar-refractivity contribution >= 4 is 26.7 Å². The number of aryl methyl sites for hydroxylation is 1. The van der Waals surface area contributed by atoms with Crippen LogP contribution in [0, 0.1) is 6.92 Å². The highest BCUT2D eigenvalue weighted by Crippen LogP contribution is 2.24. The maximum Gasteiger partial charge on any atom is 0.251 e. The summed E-state index contributed by atoms with van der Waals surface area (Å²) < 4.78 is 27.7. The molecule has 1 aliphatic heterocycles. The molecule has 0 radical (unpaired) electrons. The number of nitrogens with zero attached hydrogens (tertiary/aromatic N) is 1. The van der Waals surface area contributed by atoms with Gasteiger partial charge in [-0.1, -0.05) is 55.0 Å². The summed E-state index contributed by atoms with van der Waals surface area (Å²) >= 11 is 0. The van der Waals surface area contributed by atoms with E-state index in [1.54, 1.807) is 19.1 Å². The number of fused-ring (bicyclic) bond motifs is 1. The zero-order chi connectivity index (χ0) is 21.1. The molecule has 6 heteroatoms. The molecular weight excluding hydrogens is 396 g/mol. The molecule has 3 aromatic carbocycles. The maximum absolute atomic E-state index is 13.1. The van der Waals surface area contributed by atoms with Crippen LogP contribution in [0.5, 0.6) is 0 Å². The molecule has 0 unspecified atom stereocenters. The number of nitrogens with one attached hydrogen (secondary N) is 1. The first-order chi connectivity index (χ1) is 14.5. The Morgan fingerprint density at radius 3 is 2.50 bits per heavy atom. The molecule has 5 nitrogen and oxygen atoms in total. The Bertz CT molecular complexity index is 1180. The average Bonchev–Trinajstić information content (AvgIpc) is 2.78. The van der Waals surface area contributed by atoms with Crippen LogP contribution in [0.1, 0.15) is 40.7 Å². The third-order valence-electron chi connectivity index (χ3n) is 5.70. The molecule has 1 amide bonds. The lowest BCUT2D eigenvalue weighted by Gasteiger charge is -2.26. The summed E-state index contributed by atoms with van der Waals surface area (Å²) in [6.45, 7) is 3.23. The lowest BCUT2D eigenvalue weighted by Crippen LogP contribution is -2.36. The van der Waals surface area contributed by atoms with Crippen LogP contribution < -0.4 is 5.32 Å². The van der Waals surface area contributed by atoms with Crippen molar-refractivity contribution in [2.45, 2.75) is 37.6 Å². The molecule has 0 atom stereocenters. The molecule has 0 saturated carbocycles. The predicted molar refractivity (Wildman–Crippen MR) is 119 cm³/mol. The average molecular weight is 423 g/mol. The first kappa shape index (κ1) is 20.6. The topological polar surface area (TPSA) is 66.5 Å². The van der Waals surface area contributed by atoms with Crippen LogP contribution in [-0.4, -0.2) is 31.7 Å². The summed E-state index contributed by atoms with van der Waals surface area (Å²) in [7, 11) is -3.59. The third-order valence-corrected chi connectivity index (χ3v) is 7.74. The zero-order valence-corrected chi connectivity index (χ0v) is 17.9. The van der Waals surface area contributed by atoms with Crippen molar-refractivity contribution in [2.24, 2.45) is 0 Å². The Morgan fingerprint density at radius 2 is 1.70 bits per heavy atom. The Hall–Kier alpha value is -2.70. The fraction of sp³-hybridized carbons (Fsp3) is 0.292. The van der Waals surface area contributed by atoms with Crippen molar-refractivity contribution in [3.8, 4) is 0 Å². The summed E-state index contributed by atoms with van der Waals surface area (Å²) in [5.41, 5.74) is 2.04. The lowest BCUT2D eigenvalue weighted by atomic mass is 10.0. The standard InChI is InChI=1S/C24H26N2O3S/c1-18-12-13-20(16-23(18)30(28,29)26-14-5-2-6-15-26)24(27)25-17-21-10-7-9-19-8-3-4-11-22(19)21/h3-4,7-13,16H,2,5-6,14-15,17H2,1H3,(H,25,27). The number of piperidine rings is 1. The number of amides is 1. The second kappa shape index (κ2) is 8.58. The summed E-state index contributed by atoms with van der Waals surface area (Å²) in [4.78, 5) is 13.0. The van der Waals surface area contributed by atoms with Crippen LogP contribution in [0.3, 0.4) is 0 Å². The Morgan fingerprint density at radius 1 is 0.967 bits per heavy atom. The van der Waals surface area contributed by atoms with Crippen LogP contribution >= 0.6 is 0 Å². The van der Waals surface area contributed by atoms with Crippen molar-refractivity contribution in [3.63, 3.8) is 0 Å². The van der Waals surface area contributed by atoms with Crippen LogP contribution in [-0.2, 0) is 16.6 Å². The second-order valence-electron chi connectivity index (χ2n) is 7.77. The van der Waals surface area contributed by atoms with Crippen LogP contribution in [0.2, 0.25) is 0 Å². The van der Waals surface area contributed by atoms with Gasteiger partial charge in [-0.25, -0.2) is 8.42 Å². The van der Waals surface area contributed by atoms with Gasteiger partial charge in [0.1, 0.15) is 0 Å². The monoisotopic (exact) mass is 422 g/mol. The number of benzene rings is 3. The van der Waals surface area contributed by atoms with E-state index in [1.807, 2.05) is 42.5 Å². The second-order valence-corrected chi connectivity index (χ2v) is 9.67. The minimum Gasteiger partial charge on any atom is -0.348 e.